The molecule has 1 aliphatic rings. The van der Waals surface area contributed by atoms with Gasteiger partial charge in [0.1, 0.15) is 6.04 Å². The van der Waals surface area contributed by atoms with Crippen LogP contribution in [0.4, 0.5) is 0 Å². The third-order valence-corrected chi connectivity index (χ3v) is 5.16. The van der Waals surface area contributed by atoms with Crippen molar-refractivity contribution in [3.63, 3.8) is 0 Å². The van der Waals surface area contributed by atoms with E-state index >= 15 is 0 Å². The standard InChI is InChI=1S/C23H26N2O6/c1-3-30-20(26)14-17(23(29)31-4-2)24-22(28)16-12-13-25-18(16)10-11-19(25)21(27)15-8-6-5-7-9-15/h5-11,16-17H,3-4,12-14H2,1-2H3,(H,24,28)/t16?,17-/m0/s1. The van der Waals surface area contributed by atoms with Crippen molar-refractivity contribution in [1.29, 1.82) is 0 Å². The third kappa shape index (κ3) is 5.02. The summed E-state index contributed by atoms with van der Waals surface area (Å²) in [4.78, 5) is 49.9. The topological polar surface area (TPSA) is 104 Å². The van der Waals surface area contributed by atoms with E-state index in [9.17, 15) is 19.2 Å². The van der Waals surface area contributed by atoms with Crippen LogP contribution in [0.3, 0.4) is 0 Å². The molecule has 1 unspecified atom stereocenters. The molecule has 1 amide bonds. The number of nitrogens with zero attached hydrogens (tertiary/aromatic N) is 1. The monoisotopic (exact) mass is 426 g/mol. The number of carbonyl (C=O) groups excluding carboxylic acids is 4. The summed E-state index contributed by atoms with van der Waals surface area (Å²) in [6.07, 6.45) is 0.190. The van der Waals surface area contributed by atoms with Crippen molar-refractivity contribution in [2.24, 2.45) is 0 Å². The molecule has 0 saturated heterocycles. The zero-order chi connectivity index (χ0) is 22.4. The second kappa shape index (κ2) is 10.1. The molecular weight excluding hydrogens is 400 g/mol. The minimum absolute atomic E-state index is 0.111. The molecule has 0 aliphatic carbocycles. The molecule has 3 rings (SSSR count). The number of hydrogen-bond donors (Lipinski definition) is 1. The summed E-state index contributed by atoms with van der Waals surface area (Å²) in [7, 11) is 0. The Morgan fingerprint density at radius 1 is 1.03 bits per heavy atom. The number of aromatic nitrogens is 1. The average Bonchev–Trinajstić information content (AvgIpc) is 3.36. The fourth-order valence-corrected chi connectivity index (χ4v) is 3.74. The third-order valence-electron chi connectivity index (χ3n) is 5.16. The van der Waals surface area contributed by atoms with E-state index in [2.05, 4.69) is 5.32 Å². The van der Waals surface area contributed by atoms with Gasteiger partial charge in [0.25, 0.3) is 0 Å². The molecule has 1 aromatic heterocycles. The minimum Gasteiger partial charge on any atom is -0.466 e. The number of fused-ring (bicyclic) bond motifs is 1. The van der Waals surface area contributed by atoms with Crippen molar-refractivity contribution in [1.82, 2.24) is 9.88 Å². The van der Waals surface area contributed by atoms with Gasteiger partial charge in [-0.25, -0.2) is 4.79 Å². The molecule has 1 N–H and O–H groups in total. The predicted molar refractivity (Wildman–Crippen MR) is 111 cm³/mol. The van der Waals surface area contributed by atoms with Crippen molar-refractivity contribution in [3.05, 3.63) is 59.4 Å². The van der Waals surface area contributed by atoms with Gasteiger partial charge in [-0.2, -0.15) is 0 Å². The van der Waals surface area contributed by atoms with Crippen LogP contribution in [0.5, 0.6) is 0 Å². The number of nitrogens with one attached hydrogen (secondary N) is 1. The Bertz CT molecular complexity index is 966. The second-order valence-corrected chi connectivity index (χ2v) is 7.15. The first-order chi connectivity index (χ1) is 15.0. The number of ketones is 1. The molecule has 164 valence electrons. The Morgan fingerprint density at radius 3 is 2.42 bits per heavy atom. The molecule has 2 heterocycles. The molecule has 8 nitrogen and oxygen atoms in total. The molecule has 1 aliphatic heterocycles. The van der Waals surface area contributed by atoms with Gasteiger partial charge in [-0.05, 0) is 32.4 Å². The lowest BCUT2D eigenvalue weighted by molar-refractivity contribution is -0.153. The molecular formula is C23H26N2O6. The minimum atomic E-state index is -1.12. The van der Waals surface area contributed by atoms with Crippen molar-refractivity contribution >= 4 is 23.6 Å². The lowest BCUT2D eigenvalue weighted by Crippen LogP contribution is -2.45. The highest BCUT2D eigenvalue weighted by Gasteiger charge is 2.35. The summed E-state index contributed by atoms with van der Waals surface area (Å²) >= 11 is 0. The lowest BCUT2D eigenvalue weighted by atomic mass is 10.0. The lowest BCUT2D eigenvalue weighted by Gasteiger charge is -2.18. The van der Waals surface area contributed by atoms with Gasteiger partial charge < -0.3 is 19.4 Å². The van der Waals surface area contributed by atoms with Gasteiger partial charge in [0, 0.05) is 17.8 Å². The number of esters is 2. The van der Waals surface area contributed by atoms with E-state index in [0.717, 1.165) is 0 Å². The molecule has 0 bridgehead atoms. The van der Waals surface area contributed by atoms with Gasteiger partial charge in [0.2, 0.25) is 11.7 Å². The van der Waals surface area contributed by atoms with Crippen LogP contribution >= 0.6 is 0 Å². The van der Waals surface area contributed by atoms with Crippen molar-refractivity contribution in [3.8, 4) is 0 Å². The Hall–Kier alpha value is -3.42. The molecule has 0 fully saturated rings. The van der Waals surface area contributed by atoms with Crippen LogP contribution in [0.1, 0.15) is 54.4 Å². The predicted octanol–water partition coefficient (Wildman–Crippen LogP) is 2.21. The highest BCUT2D eigenvalue weighted by atomic mass is 16.5. The maximum atomic E-state index is 12.9. The molecule has 8 heteroatoms. The van der Waals surface area contributed by atoms with E-state index in [1.54, 1.807) is 50.2 Å². The fraction of sp³-hybridized carbons (Fsp3) is 0.391. The summed E-state index contributed by atoms with van der Waals surface area (Å²) in [5.41, 5.74) is 1.80. The highest BCUT2D eigenvalue weighted by molar-refractivity contribution is 6.08. The largest absolute Gasteiger partial charge is 0.466 e. The number of amides is 1. The van der Waals surface area contributed by atoms with Crippen LogP contribution in [0.15, 0.2) is 42.5 Å². The zero-order valence-electron chi connectivity index (χ0n) is 17.6. The van der Waals surface area contributed by atoms with E-state index in [-0.39, 0.29) is 25.4 Å². The number of benzene rings is 1. The van der Waals surface area contributed by atoms with Gasteiger partial charge >= 0.3 is 11.9 Å². The zero-order valence-corrected chi connectivity index (χ0v) is 17.6. The highest BCUT2D eigenvalue weighted by Crippen LogP contribution is 2.31. The number of rotatable bonds is 9. The Balaban J connectivity index is 1.75. The summed E-state index contributed by atoms with van der Waals surface area (Å²) < 4.78 is 11.7. The molecule has 0 radical (unpaired) electrons. The number of carbonyl (C=O) groups is 4. The SMILES string of the molecule is CCOC(=O)C[C@H](NC(=O)C1CCn2c(C(=O)c3ccccc3)ccc21)C(=O)OCC. The van der Waals surface area contributed by atoms with Gasteiger partial charge in [-0.15, -0.1) is 0 Å². The molecule has 0 saturated carbocycles. The maximum absolute atomic E-state index is 12.9. The van der Waals surface area contributed by atoms with E-state index < -0.39 is 29.8 Å². The molecule has 2 aromatic rings. The normalized spacial score (nSPS) is 15.6. The van der Waals surface area contributed by atoms with Crippen LogP contribution in [-0.4, -0.2) is 47.5 Å². The Morgan fingerprint density at radius 2 is 1.74 bits per heavy atom. The smallest absolute Gasteiger partial charge is 0.329 e. The Labute approximate surface area is 180 Å². The van der Waals surface area contributed by atoms with Crippen molar-refractivity contribution in [2.45, 2.75) is 45.2 Å². The van der Waals surface area contributed by atoms with Crippen LogP contribution in [-0.2, 0) is 30.4 Å². The summed E-state index contributed by atoms with van der Waals surface area (Å²) in [6.45, 7) is 4.13. The first-order valence-corrected chi connectivity index (χ1v) is 10.4. The van der Waals surface area contributed by atoms with Crippen molar-refractivity contribution in [2.75, 3.05) is 13.2 Å². The molecule has 0 spiro atoms. The van der Waals surface area contributed by atoms with E-state index in [1.165, 1.54) is 0 Å². The Kier molecular flexibility index (Phi) is 7.23. The van der Waals surface area contributed by atoms with Crippen LogP contribution in [0.25, 0.3) is 0 Å². The van der Waals surface area contributed by atoms with Crippen LogP contribution in [0, 0.1) is 0 Å². The maximum Gasteiger partial charge on any atom is 0.329 e. The molecule has 1 aromatic carbocycles. The van der Waals surface area contributed by atoms with Crippen LogP contribution in [0.2, 0.25) is 0 Å². The average molecular weight is 426 g/mol. The quantitative estimate of drug-likeness (QED) is 0.487. The number of hydrogen-bond acceptors (Lipinski definition) is 6. The first kappa shape index (κ1) is 22.3. The summed E-state index contributed by atoms with van der Waals surface area (Å²) in [5, 5.41) is 2.63. The van der Waals surface area contributed by atoms with E-state index in [4.69, 9.17) is 9.47 Å². The number of ether oxygens (including phenoxy) is 2. The van der Waals surface area contributed by atoms with Gasteiger partial charge in [-0.1, -0.05) is 30.3 Å². The molecule has 31 heavy (non-hydrogen) atoms. The van der Waals surface area contributed by atoms with Gasteiger partial charge in [0.05, 0.1) is 31.2 Å². The van der Waals surface area contributed by atoms with Gasteiger partial charge in [-0.3, -0.25) is 14.4 Å². The van der Waals surface area contributed by atoms with E-state index in [0.29, 0.717) is 29.9 Å². The molecule has 2 atom stereocenters. The van der Waals surface area contributed by atoms with Crippen LogP contribution < -0.4 is 5.32 Å². The van der Waals surface area contributed by atoms with Gasteiger partial charge in [0.15, 0.2) is 0 Å². The summed E-state index contributed by atoms with van der Waals surface area (Å²) in [5.74, 6) is -2.31. The van der Waals surface area contributed by atoms with Crippen molar-refractivity contribution < 1.29 is 28.7 Å². The fourth-order valence-electron chi connectivity index (χ4n) is 3.74. The first-order valence-electron chi connectivity index (χ1n) is 10.4. The summed E-state index contributed by atoms with van der Waals surface area (Å²) in [6, 6.07) is 11.3. The van der Waals surface area contributed by atoms with E-state index in [1.807, 2.05) is 10.6 Å². The second-order valence-electron chi connectivity index (χ2n) is 7.15.